The van der Waals surface area contributed by atoms with Crippen LogP contribution < -0.4 is 5.73 Å². The molecule has 3 heteroatoms. The Morgan fingerprint density at radius 3 is 2.75 bits per heavy atom. The van der Waals surface area contributed by atoms with Gasteiger partial charge >= 0.3 is 0 Å². The van der Waals surface area contributed by atoms with Gasteiger partial charge in [0.1, 0.15) is 0 Å². The lowest BCUT2D eigenvalue weighted by Gasteiger charge is -2.39. The smallest absolute Gasteiger partial charge is 0.0897 e. The highest BCUT2D eigenvalue weighted by Crippen LogP contribution is 2.42. The molecule has 1 aliphatic rings. The Kier molecular flexibility index (Phi) is 1.93. The molecule has 0 atom stereocenters. The van der Waals surface area contributed by atoms with Crippen molar-refractivity contribution in [2.75, 3.05) is 6.54 Å². The van der Waals surface area contributed by atoms with E-state index < -0.39 is 0 Å². The number of nitrogens with zero attached hydrogens (tertiary/aromatic N) is 1. The molecule has 2 N–H and O–H groups in total. The van der Waals surface area contributed by atoms with Crippen LogP contribution in [0, 0.1) is 6.92 Å². The monoisotopic (exact) mass is 182 g/mol. The molecule has 0 unspecified atom stereocenters. The number of hydrogen-bond acceptors (Lipinski definition) is 3. The van der Waals surface area contributed by atoms with Crippen LogP contribution in [0.2, 0.25) is 0 Å². The SMILES string of the molecule is Cc1nc(C2(CN)CCC2)cs1. The Hall–Kier alpha value is -0.410. The average Bonchev–Trinajstić information content (AvgIpc) is 2.35. The fourth-order valence-corrected chi connectivity index (χ4v) is 2.51. The van der Waals surface area contributed by atoms with Crippen LogP contribution in [0.25, 0.3) is 0 Å². The quantitative estimate of drug-likeness (QED) is 0.758. The van der Waals surface area contributed by atoms with Crippen LogP contribution in [0.1, 0.15) is 30.0 Å². The predicted octanol–water partition coefficient (Wildman–Crippen LogP) is 1.83. The van der Waals surface area contributed by atoms with Crippen molar-refractivity contribution in [1.82, 2.24) is 4.98 Å². The van der Waals surface area contributed by atoms with E-state index in [1.165, 1.54) is 25.0 Å². The third-order valence-corrected chi connectivity index (χ3v) is 3.64. The average molecular weight is 182 g/mol. The second kappa shape index (κ2) is 2.82. The molecule has 1 aromatic heterocycles. The molecule has 2 nitrogen and oxygen atoms in total. The number of aromatic nitrogens is 1. The van der Waals surface area contributed by atoms with Crippen molar-refractivity contribution in [3.05, 3.63) is 16.1 Å². The molecule has 1 aliphatic carbocycles. The summed E-state index contributed by atoms with van der Waals surface area (Å²) in [6.45, 7) is 2.81. The van der Waals surface area contributed by atoms with Gasteiger partial charge in [-0.1, -0.05) is 6.42 Å². The van der Waals surface area contributed by atoms with E-state index in [4.69, 9.17) is 5.73 Å². The Labute approximate surface area is 76.8 Å². The van der Waals surface area contributed by atoms with Crippen LogP contribution in [0.15, 0.2) is 5.38 Å². The summed E-state index contributed by atoms with van der Waals surface area (Å²) in [5.74, 6) is 0. The minimum Gasteiger partial charge on any atom is -0.330 e. The van der Waals surface area contributed by atoms with Gasteiger partial charge in [-0.3, -0.25) is 0 Å². The molecule has 0 saturated heterocycles. The van der Waals surface area contributed by atoms with E-state index in [9.17, 15) is 0 Å². The van der Waals surface area contributed by atoms with E-state index in [-0.39, 0.29) is 5.41 Å². The zero-order valence-electron chi connectivity index (χ0n) is 7.34. The van der Waals surface area contributed by atoms with Crippen LogP contribution in [-0.2, 0) is 5.41 Å². The molecule has 0 spiro atoms. The van der Waals surface area contributed by atoms with Crippen molar-refractivity contribution >= 4 is 11.3 Å². The molecule has 0 aliphatic heterocycles. The summed E-state index contributed by atoms with van der Waals surface area (Å²) in [6, 6.07) is 0. The van der Waals surface area contributed by atoms with Crippen LogP contribution in [-0.4, -0.2) is 11.5 Å². The molecule has 2 rings (SSSR count). The van der Waals surface area contributed by atoms with Gasteiger partial charge in [0.15, 0.2) is 0 Å². The largest absolute Gasteiger partial charge is 0.330 e. The summed E-state index contributed by atoms with van der Waals surface area (Å²) >= 11 is 1.73. The standard InChI is InChI=1S/C9H14N2S/c1-7-11-8(5-12-7)9(6-10)3-2-4-9/h5H,2-4,6,10H2,1H3. The van der Waals surface area contributed by atoms with E-state index >= 15 is 0 Å². The first-order valence-corrected chi connectivity index (χ1v) is 5.27. The fourth-order valence-electron chi connectivity index (χ4n) is 1.78. The van der Waals surface area contributed by atoms with E-state index in [0.717, 1.165) is 11.6 Å². The maximum absolute atomic E-state index is 5.77. The van der Waals surface area contributed by atoms with Gasteiger partial charge in [0.05, 0.1) is 10.7 Å². The van der Waals surface area contributed by atoms with Crippen LogP contribution >= 0.6 is 11.3 Å². The Morgan fingerprint density at radius 2 is 2.42 bits per heavy atom. The number of rotatable bonds is 2. The minimum atomic E-state index is 0.255. The van der Waals surface area contributed by atoms with Crippen molar-refractivity contribution in [1.29, 1.82) is 0 Å². The minimum absolute atomic E-state index is 0.255. The van der Waals surface area contributed by atoms with E-state index in [1.807, 2.05) is 0 Å². The number of nitrogens with two attached hydrogens (primary N) is 1. The summed E-state index contributed by atoms with van der Waals surface area (Å²) < 4.78 is 0. The Balaban J connectivity index is 2.27. The highest BCUT2D eigenvalue weighted by atomic mass is 32.1. The van der Waals surface area contributed by atoms with Gasteiger partial charge in [0.25, 0.3) is 0 Å². The van der Waals surface area contributed by atoms with Gasteiger partial charge in [-0.2, -0.15) is 0 Å². The summed E-state index contributed by atoms with van der Waals surface area (Å²) in [7, 11) is 0. The van der Waals surface area contributed by atoms with Crippen molar-refractivity contribution in [2.24, 2.45) is 5.73 Å². The van der Waals surface area contributed by atoms with Gasteiger partial charge in [-0.05, 0) is 19.8 Å². The number of thiazole rings is 1. The molecule has 0 amide bonds. The molecule has 1 aromatic rings. The van der Waals surface area contributed by atoms with E-state index in [2.05, 4.69) is 17.3 Å². The third kappa shape index (κ3) is 1.08. The number of aryl methyl sites for hydroxylation is 1. The maximum atomic E-state index is 5.77. The summed E-state index contributed by atoms with van der Waals surface area (Å²) in [5, 5.41) is 3.33. The molecule has 0 aromatic carbocycles. The third-order valence-electron chi connectivity index (χ3n) is 2.86. The van der Waals surface area contributed by atoms with Crippen LogP contribution in [0.4, 0.5) is 0 Å². The fraction of sp³-hybridized carbons (Fsp3) is 0.667. The van der Waals surface area contributed by atoms with Gasteiger partial charge in [0.2, 0.25) is 0 Å². The van der Waals surface area contributed by atoms with Crippen molar-refractivity contribution in [3.8, 4) is 0 Å². The summed E-state index contributed by atoms with van der Waals surface area (Å²) in [6.07, 6.45) is 3.77. The van der Waals surface area contributed by atoms with Gasteiger partial charge in [-0.25, -0.2) is 4.98 Å². The van der Waals surface area contributed by atoms with E-state index in [1.54, 1.807) is 11.3 Å². The van der Waals surface area contributed by atoms with Crippen LogP contribution in [0.3, 0.4) is 0 Å². The second-order valence-electron chi connectivity index (χ2n) is 3.59. The molecular weight excluding hydrogens is 168 g/mol. The Morgan fingerprint density at radius 1 is 1.67 bits per heavy atom. The summed E-state index contributed by atoms with van der Waals surface area (Å²) in [5.41, 5.74) is 7.26. The maximum Gasteiger partial charge on any atom is 0.0897 e. The van der Waals surface area contributed by atoms with Crippen LogP contribution in [0.5, 0.6) is 0 Å². The highest BCUT2D eigenvalue weighted by molar-refractivity contribution is 7.09. The lowest BCUT2D eigenvalue weighted by molar-refractivity contribution is 0.247. The van der Waals surface area contributed by atoms with Crippen molar-refractivity contribution in [3.63, 3.8) is 0 Å². The zero-order chi connectivity index (χ0) is 8.60. The second-order valence-corrected chi connectivity index (χ2v) is 4.65. The van der Waals surface area contributed by atoms with Crippen molar-refractivity contribution in [2.45, 2.75) is 31.6 Å². The molecule has 1 fully saturated rings. The zero-order valence-corrected chi connectivity index (χ0v) is 8.16. The van der Waals surface area contributed by atoms with Gasteiger partial charge < -0.3 is 5.73 Å². The molecule has 0 radical (unpaired) electrons. The lowest BCUT2D eigenvalue weighted by atomic mass is 9.67. The first-order chi connectivity index (χ1) is 5.77. The normalized spacial score (nSPS) is 20.5. The first kappa shape index (κ1) is 8.20. The first-order valence-electron chi connectivity index (χ1n) is 4.39. The molecule has 1 heterocycles. The van der Waals surface area contributed by atoms with Gasteiger partial charge in [-0.15, -0.1) is 11.3 Å². The highest BCUT2D eigenvalue weighted by Gasteiger charge is 2.39. The Bertz CT molecular complexity index is 270. The number of hydrogen-bond donors (Lipinski definition) is 1. The molecule has 0 bridgehead atoms. The van der Waals surface area contributed by atoms with E-state index in [0.29, 0.717) is 0 Å². The molecule has 1 saturated carbocycles. The summed E-state index contributed by atoms with van der Waals surface area (Å²) in [4.78, 5) is 4.51. The molecule has 12 heavy (non-hydrogen) atoms. The topological polar surface area (TPSA) is 38.9 Å². The lowest BCUT2D eigenvalue weighted by Crippen LogP contribution is -2.41. The molecular formula is C9H14N2S. The molecule has 66 valence electrons. The van der Waals surface area contributed by atoms with Gasteiger partial charge in [0, 0.05) is 17.3 Å². The van der Waals surface area contributed by atoms with Crippen molar-refractivity contribution < 1.29 is 0 Å². The predicted molar refractivity (Wildman–Crippen MR) is 51.4 cm³/mol.